The Morgan fingerprint density at radius 1 is 1.16 bits per heavy atom. The van der Waals surface area contributed by atoms with E-state index in [4.69, 9.17) is 20.6 Å². The molecule has 3 N–H and O–H groups in total. The van der Waals surface area contributed by atoms with Crippen LogP contribution in [0.3, 0.4) is 0 Å². The van der Waals surface area contributed by atoms with Gasteiger partial charge in [0.15, 0.2) is 5.82 Å². The summed E-state index contributed by atoms with van der Waals surface area (Å²) in [5, 5.41) is 8.05. The van der Waals surface area contributed by atoms with Gasteiger partial charge < -0.3 is 15.8 Å². The molecule has 0 amide bonds. The Balaban J connectivity index is 1.64. The summed E-state index contributed by atoms with van der Waals surface area (Å²) in [5.41, 5.74) is 13.5. The first-order valence-electron chi connectivity index (χ1n) is 14.0. The second-order valence-electron chi connectivity index (χ2n) is 10.7. The highest BCUT2D eigenvalue weighted by Gasteiger charge is 2.24. The van der Waals surface area contributed by atoms with Crippen molar-refractivity contribution in [3.63, 3.8) is 0 Å². The van der Waals surface area contributed by atoms with Crippen molar-refractivity contribution in [2.75, 3.05) is 24.7 Å². The lowest BCUT2D eigenvalue weighted by atomic mass is 9.84. The maximum Gasteiger partial charge on any atom is 0.306 e. The molecule has 2 aromatic carbocycles. The van der Waals surface area contributed by atoms with Crippen molar-refractivity contribution in [2.24, 2.45) is 5.92 Å². The van der Waals surface area contributed by atoms with E-state index < -0.39 is 0 Å². The van der Waals surface area contributed by atoms with E-state index in [2.05, 4.69) is 36.5 Å². The molecule has 0 bridgehead atoms. The van der Waals surface area contributed by atoms with Crippen LogP contribution in [0, 0.1) is 26.7 Å². The van der Waals surface area contributed by atoms with Crippen LogP contribution in [0.5, 0.6) is 0 Å². The van der Waals surface area contributed by atoms with Crippen LogP contribution in [0.25, 0.3) is 0 Å². The fraction of sp³-hybridized carbons (Fsp3) is 0.516. The average molecular weight is 518 g/mol. The van der Waals surface area contributed by atoms with Gasteiger partial charge in [0.2, 0.25) is 0 Å². The molecule has 1 fully saturated rings. The molecule has 0 saturated heterocycles. The van der Waals surface area contributed by atoms with Gasteiger partial charge in [-0.2, -0.15) is 5.10 Å². The highest BCUT2D eigenvalue weighted by Crippen LogP contribution is 2.36. The van der Waals surface area contributed by atoms with Gasteiger partial charge in [-0.05, 0) is 67.5 Å². The molecular formula is C31H43N5O2. The number of ether oxygens (including phenoxy) is 1. The molecule has 0 radical (unpaired) electrons. The summed E-state index contributed by atoms with van der Waals surface area (Å²) >= 11 is 0. The summed E-state index contributed by atoms with van der Waals surface area (Å²) in [6.45, 7) is 9.03. The number of nitrogens with two attached hydrogens (primary N) is 1. The molecule has 38 heavy (non-hydrogen) atoms. The van der Waals surface area contributed by atoms with Crippen molar-refractivity contribution in [3.8, 4) is 0 Å². The maximum atomic E-state index is 12.7. The van der Waals surface area contributed by atoms with Crippen molar-refractivity contribution in [2.45, 2.75) is 85.1 Å². The monoisotopic (exact) mass is 517 g/mol. The molecular weight excluding hydrogens is 474 g/mol. The molecule has 1 aliphatic rings. The third-order valence-corrected chi connectivity index (χ3v) is 8.07. The zero-order valence-corrected chi connectivity index (χ0v) is 23.6. The van der Waals surface area contributed by atoms with Crippen LogP contribution in [0.1, 0.15) is 90.8 Å². The minimum Gasteiger partial charge on any atom is -0.466 e. The largest absolute Gasteiger partial charge is 0.466 e. The molecule has 1 aliphatic carbocycles. The summed E-state index contributed by atoms with van der Waals surface area (Å²) in [6.07, 6.45) is 7.81. The number of nitrogen functional groups attached to an aromatic ring is 1. The van der Waals surface area contributed by atoms with Crippen LogP contribution >= 0.6 is 0 Å². The molecule has 3 aromatic rings. The Hall–Kier alpha value is -3.35. The Kier molecular flexibility index (Phi) is 9.08. The lowest BCUT2D eigenvalue weighted by Gasteiger charge is -2.23. The first-order valence-corrected chi connectivity index (χ1v) is 14.0. The summed E-state index contributed by atoms with van der Waals surface area (Å²) in [7, 11) is 1.86. The Bertz CT molecular complexity index is 1260. The van der Waals surface area contributed by atoms with E-state index in [0.29, 0.717) is 24.8 Å². The van der Waals surface area contributed by atoms with Crippen molar-refractivity contribution in [1.82, 2.24) is 14.8 Å². The minimum atomic E-state index is -0.213. The van der Waals surface area contributed by atoms with Crippen LogP contribution in [0.15, 0.2) is 30.3 Å². The van der Waals surface area contributed by atoms with Crippen LogP contribution in [0.2, 0.25) is 0 Å². The van der Waals surface area contributed by atoms with Crippen LogP contribution in [-0.4, -0.2) is 34.4 Å². The van der Waals surface area contributed by atoms with Gasteiger partial charge in [-0.3, -0.25) is 4.79 Å². The Labute approximate surface area is 227 Å². The van der Waals surface area contributed by atoms with Gasteiger partial charge in [0, 0.05) is 19.4 Å². The third kappa shape index (κ3) is 6.37. The molecule has 7 nitrogen and oxygen atoms in total. The number of aromatic nitrogens is 3. The summed E-state index contributed by atoms with van der Waals surface area (Å²) < 4.78 is 7.38. The second kappa shape index (κ2) is 12.5. The Morgan fingerprint density at radius 3 is 2.63 bits per heavy atom. The van der Waals surface area contributed by atoms with Crippen molar-refractivity contribution in [1.29, 1.82) is 0 Å². The topological polar surface area (TPSA) is 95.1 Å². The average Bonchev–Trinajstić information content (AvgIpc) is 3.24. The number of rotatable bonds is 10. The SMILES string of the molecule is CCOC(=O)CC(c1ccc(C)c(Cn2nc(CC3CCCCC3)nc2C)c1)c1ccc(NC)c(N)c1C. The lowest BCUT2D eigenvalue weighted by Crippen LogP contribution is -2.15. The molecule has 1 aromatic heterocycles. The predicted molar refractivity (Wildman–Crippen MR) is 154 cm³/mol. The smallest absolute Gasteiger partial charge is 0.306 e. The number of nitrogens with zero attached hydrogens (tertiary/aromatic N) is 3. The molecule has 1 atom stereocenters. The van der Waals surface area contributed by atoms with E-state index in [1.54, 1.807) is 0 Å². The van der Waals surface area contributed by atoms with E-state index >= 15 is 0 Å². The second-order valence-corrected chi connectivity index (χ2v) is 10.7. The number of benzene rings is 2. The fourth-order valence-electron chi connectivity index (χ4n) is 5.74. The number of carbonyl (C=O) groups excluding carboxylic acids is 1. The zero-order valence-electron chi connectivity index (χ0n) is 23.6. The molecule has 1 unspecified atom stereocenters. The molecule has 204 valence electrons. The van der Waals surface area contributed by atoms with Gasteiger partial charge >= 0.3 is 5.97 Å². The molecule has 7 heteroatoms. The summed E-state index contributed by atoms with van der Waals surface area (Å²) in [4.78, 5) is 17.5. The van der Waals surface area contributed by atoms with Crippen LogP contribution < -0.4 is 11.1 Å². The fourth-order valence-corrected chi connectivity index (χ4v) is 5.74. The number of nitrogens with one attached hydrogen (secondary N) is 1. The van der Waals surface area contributed by atoms with Crippen molar-refractivity contribution in [3.05, 3.63) is 69.8 Å². The van der Waals surface area contributed by atoms with Gasteiger partial charge in [-0.25, -0.2) is 9.67 Å². The number of carbonyl (C=O) groups is 1. The minimum absolute atomic E-state index is 0.166. The first kappa shape index (κ1) is 27.7. The number of hydrogen-bond acceptors (Lipinski definition) is 6. The summed E-state index contributed by atoms with van der Waals surface area (Å²) in [6, 6.07) is 10.5. The first-order chi connectivity index (χ1) is 18.3. The van der Waals surface area contributed by atoms with E-state index in [1.165, 1.54) is 43.2 Å². The van der Waals surface area contributed by atoms with Gasteiger partial charge in [-0.15, -0.1) is 0 Å². The third-order valence-electron chi connectivity index (χ3n) is 8.07. The number of hydrogen-bond donors (Lipinski definition) is 2. The van der Waals surface area contributed by atoms with Crippen LogP contribution in [0.4, 0.5) is 11.4 Å². The van der Waals surface area contributed by atoms with Crippen molar-refractivity contribution >= 4 is 17.3 Å². The molecule has 0 aliphatic heterocycles. The number of aryl methyl sites for hydroxylation is 2. The Morgan fingerprint density at radius 2 is 1.92 bits per heavy atom. The van der Waals surface area contributed by atoms with Gasteiger partial charge in [0.25, 0.3) is 0 Å². The zero-order chi connectivity index (χ0) is 27.2. The summed E-state index contributed by atoms with van der Waals surface area (Å²) in [5.74, 6) is 2.22. The molecule has 1 saturated carbocycles. The standard InChI is InChI=1S/C31H43N5O2/c1-6-38-30(37)18-27(26-14-15-28(33-5)31(32)21(26)3)24-13-12-20(2)25(17-24)19-36-22(4)34-29(35-36)16-23-10-8-7-9-11-23/h12-15,17,23,27,33H,6-11,16,18-19,32H2,1-5H3. The van der Waals surface area contributed by atoms with Crippen LogP contribution in [-0.2, 0) is 22.5 Å². The van der Waals surface area contributed by atoms with Crippen molar-refractivity contribution < 1.29 is 9.53 Å². The molecule has 1 heterocycles. The predicted octanol–water partition coefficient (Wildman–Crippen LogP) is 6.08. The van der Waals surface area contributed by atoms with E-state index in [9.17, 15) is 4.79 Å². The lowest BCUT2D eigenvalue weighted by molar-refractivity contribution is -0.143. The van der Waals surface area contributed by atoms with Gasteiger partial charge in [0.1, 0.15) is 5.82 Å². The molecule has 4 rings (SSSR count). The normalized spacial score (nSPS) is 14.9. The number of esters is 1. The maximum absolute atomic E-state index is 12.7. The van der Waals surface area contributed by atoms with E-state index in [0.717, 1.165) is 40.4 Å². The highest BCUT2D eigenvalue weighted by atomic mass is 16.5. The highest BCUT2D eigenvalue weighted by molar-refractivity contribution is 5.75. The molecule has 0 spiro atoms. The quantitative estimate of drug-likeness (QED) is 0.250. The van der Waals surface area contributed by atoms with Gasteiger partial charge in [0.05, 0.1) is 30.9 Å². The van der Waals surface area contributed by atoms with E-state index in [-0.39, 0.29) is 18.3 Å². The van der Waals surface area contributed by atoms with E-state index in [1.807, 2.05) is 38.6 Å². The van der Waals surface area contributed by atoms with Gasteiger partial charge in [-0.1, -0.05) is 56.4 Å². The number of anilines is 2.